The van der Waals surface area contributed by atoms with Gasteiger partial charge in [-0.2, -0.15) is 0 Å². The Morgan fingerprint density at radius 1 is 1.38 bits per heavy atom. The lowest BCUT2D eigenvalue weighted by atomic mass is 9.98. The minimum absolute atomic E-state index is 0.303. The van der Waals surface area contributed by atoms with Crippen LogP contribution in [0.5, 0.6) is 0 Å². The number of hydrogen-bond acceptors (Lipinski definition) is 3. The summed E-state index contributed by atoms with van der Waals surface area (Å²) in [5.74, 6) is 0.318. The van der Waals surface area contributed by atoms with Crippen LogP contribution in [-0.2, 0) is 14.6 Å². The zero-order valence-corrected chi connectivity index (χ0v) is 11.3. The molecule has 1 fully saturated rings. The first-order valence-electron chi connectivity index (χ1n) is 5.91. The van der Waals surface area contributed by atoms with Crippen molar-refractivity contribution >= 4 is 9.84 Å². The van der Waals surface area contributed by atoms with Gasteiger partial charge in [-0.05, 0) is 38.7 Å². The normalized spacial score (nSPS) is 28.4. The maximum atomic E-state index is 12.1. The average Bonchev–Trinajstić information content (AvgIpc) is 2.20. The maximum Gasteiger partial charge on any atom is 0.159 e. The second-order valence-electron chi connectivity index (χ2n) is 4.82. The second kappa shape index (κ2) is 5.21. The number of hydrogen-bond donors (Lipinski definition) is 0. The molecule has 4 heteroatoms. The van der Waals surface area contributed by atoms with E-state index >= 15 is 0 Å². The van der Waals surface area contributed by atoms with Gasteiger partial charge in [0.2, 0.25) is 0 Å². The van der Waals surface area contributed by atoms with Crippen molar-refractivity contribution in [2.45, 2.75) is 51.2 Å². The molecule has 0 N–H and O–H groups in total. The fourth-order valence-electron chi connectivity index (χ4n) is 2.13. The minimum Gasteiger partial charge on any atom is -0.500 e. The predicted octanol–water partition coefficient (Wildman–Crippen LogP) is 2.67. The van der Waals surface area contributed by atoms with Crippen LogP contribution in [0.4, 0.5) is 0 Å². The molecule has 0 aromatic heterocycles. The van der Waals surface area contributed by atoms with Gasteiger partial charge in [-0.15, -0.1) is 0 Å². The Morgan fingerprint density at radius 2 is 2.06 bits per heavy atom. The quantitative estimate of drug-likeness (QED) is 0.716. The van der Waals surface area contributed by atoms with Crippen LogP contribution in [0.15, 0.2) is 11.8 Å². The van der Waals surface area contributed by atoms with E-state index in [-0.39, 0.29) is 0 Å². The number of rotatable bonds is 4. The highest BCUT2D eigenvalue weighted by Crippen LogP contribution is 2.34. The highest BCUT2D eigenvalue weighted by Gasteiger charge is 2.44. The van der Waals surface area contributed by atoms with Gasteiger partial charge in [-0.3, -0.25) is 0 Å². The van der Waals surface area contributed by atoms with Crippen molar-refractivity contribution in [1.29, 1.82) is 0 Å². The second-order valence-corrected chi connectivity index (χ2v) is 7.32. The molecule has 1 saturated heterocycles. The molecular weight excluding hydrogens is 224 g/mol. The van der Waals surface area contributed by atoms with Crippen molar-refractivity contribution in [1.82, 2.24) is 0 Å². The molecule has 0 radical (unpaired) electrons. The van der Waals surface area contributed by atoms with Crippen molar-refractivity contribution in [3.8, 4) is 0 Å². The summed E-state index contributed by atoms with van der Waals surface area (Å²) in [5.41, 5.74) is 1.06. The van der Waals surface area contributed by atoms with Gasteiger partial charge >= 0.3 is 0 Å². The van der Waals surface area contributed by atoms with Crippen LogP contribution in [0.25, 0.3) is 0 Å². The highest BCUT2D eigenvalue weighted by molar-refractivity contribution is 7.92. The molecule has 1 rings (SSSR count). The van der Waals surface area contributed by atoms with E-state index in [0.29, 0.717) is 18.8 Å². The zero-order chi connectivity index (χ0) is 12.2. The summed E-state index contributed by atoms with van der Waals surface area (Å²) in [6, 6.07) is 0. The van der Waals surface area contributed by atoms with E-state index < -0.39 is 14.6 Å². The first-order chi connectivity index (χ1) is 7.43. The van der Waals surface area contributed by atoms with Gasteiger partial charge in [0.1, 0.15) is 11.4 Å². The Kier molecular flexibility index (Phi) is 4.42. The van der Waals surface area contributed by atoms with E-state index in [4.69, 9.17) is 4.74 Å². The smallest absolute Gasteiger partial charge is 0.159 e. The SMILES string of the molecule is CCC1(COC=C(C)C)CCCCS1(=O)=O. The van der Waals surface area contributed by atoms with Gasteiger partial charge in [-0.1, -0.05) is 13.3 Å². The van der Waals surface area contributed by atoms with E-state index in [0.717, 1.165) is 24.8 Å². The van der Waals surface area contributed by atoms with Gasteiger partial charge < -0.3 is 4.74 Å². The Balaban J connectivity index is 2.79. The summed E-state index contributed by atoms with van der Waals surface area (Å²) >= 11 is 0. The monoisotopic (exact) mass is 246 g/mol. The summed E-state index contributed by atoms with van der Waals surface area (Å²) < 4.78 is 29.0. The summed E-state index contributed by atoms with van der Waals surface area (Å²) in [6.45, 7) is 6.12. The number of allylic oxidation sites excluding steroid dienone is 1. The summed E-state index contributed by atoms with van der Waals surface area (Å²) in [4.78, 5) is 0. The minimum atomic E-state index is -2.99. The first-order valence-corrected chi connectivity index (χ1v) is 7.56. The van der Waals surface area contributed by atoms with Crippen molar-refractivity contribution in [2.24, 2.45) is 0 Å². The van der Waals surface area contributed by atoms with Crippen LogP contribution in [0.1, 0.15) is 46.5 Å². The summed E-state index contributed by atoms with van der Waals surface area (Å²) in [7, 11) is -2.99. The van der Waals surface area contributed by atoms with Crippen LogP contribution >= 0.6 is 0 Å². The summed E-state index contributed by atoms with van der Waals surface area (Å²) in [5, 5.41) is 0. The third kappa shape index (κ3) is 2.78. The van der Waals surface area contributed by atoms with E-state index in [1.807, 2.05) is 20.8 Å². The predicted molar refractivity (Wildman–Crippen MR) is 66.0 cm³/mol. The van der Waals surface area contributed by atoms with Gasteiger partial charge in [0.15, 0.2) is 9.84 Å². The molecule has 1 unspecified atom stereocenters. The largest absolute Gasteiger partial charge is 0.500 e. The third-order valence-electron chi connectivity index (χ3n) is 3.26. The topological polar surface area (TPSA) is 43.4 Å². The Hall–Kier alpha value is -0.510. The molecule has 3 nitrogen and oxygen atoms in total. The van der Waals surface area contributed by atoms with Crippen LogP contribution in [0.2, 0.25) is 0 Å². The van der Waals surface area contributed by atoms with Crippen molar-refractivity contribution in [3.05, 3.63) is 11.8 Å². The molecule has 0 aromatic rings. The van der Waals surface area contributed by atoms with Crippen molar-refractivity contribution < 1.29 is 13.2 Å². The number of sulfone groups is 1. The summed E-state index contributed by atoms with van der Waals surface area (Å²) in [6.07, 6.45) is 4.83. The Bertz CT molecular complexity index is 352. The Morgan fingerprint density at radius 3 is 2.56 bits per heavy atom. The van der Waals surface area contributed by atoms with Crippen molar-refractivity contribution in [3.63, 3.8) is 0 Å². The molecule has 0 bridgehead atoms. The fourth-order valence-corrected chi connectivity index (χ4v) is 4.29. The van der Waals surface area contributed by atoms with Crippen LogP contribution < -0.4 is 0 Å². The molecule has 0 spiro atoms. The van der Waals surface area contributed by atoms with E-state index in [9.17, 15) is 8.42 Å². The lowest BCUT2D eigenvalue weighted by Gasteiger charge is -2.35. The molecule has 0 saturated carbocycles. The van der Waals surface area contributed by atoms with Crippen LogP contribution in [-0.4, -0.2) is 25.5 Å². The van der Waals surface area contributed by atoms with E-state index in [1.165, 1.54) is 0 Å². The van der Waals surface area contributed by atoms with E-state index in [2.05, 4.69) is 0 Å². The molecule has 1 aliphatic heterocycles. The molecule has 0 amide bonds. The van der Waals surface area contributed by atoms with Gasteiger partial charge in [0.05, 0.1) is 12.0 Å². The van der Waals surface area contributed by atoms with Crippen molar-refractivity contribution in [2.75, 3.05) is 12.4 Å². The lowest BCUT2D eigenvalue weighted by molar-refractivity contribution is 0.190. The molecule has 0 aromatic carbocycles. The lowest BCUT2D eigenvalue weighted by Crippen LogP contribution is -2.46. The highest BCUT2D eigenvalue weighted by atomic mass is 32.2. The fraction of sp³-hybridized carbons (Fsp3) is 0.833. The average molecular weight is 246 g/mol. The van der Waals surface area contributed by atoms with Crippen LogP contribution in [0.3, 0.4) is 0 Å². The number of ether oxygens (including phenoxy) is 1. The van der Waals surface area contributed by atoms with Crippen LogP contribution in [0, 0.1) is 0 Å². The molecular formula is C12H22O3S. The standard InChI is InChI=1S/C12H22O3S/c1-4-12(10-15-9-11(2)3)7-5-6-8-16(12,13)14/h9H,4-8,10H2,1-3H3. The van der Waals surface area contributed by atoms with E-state index in [1.54, 1.807) is 6.26 Å². The Labute approximate surface area is 98.8 Å². The van der Waals surface area contributed by atoms with Gasteiger partial charge in [-0.25, -0.2) is 8.42 Å². The molecule has 16 heavy (non-hydrogen) atoms. The maximum absolute atomic E-state index is 12.1. The van der Waals surface area contributed by atoms with Gasteiger partial charge in [0, 0.05) is 0 Å². The molecule has 1 atom stereocenters. The molecule has 94 valence electrons. The molecule has 1 heterocycles. The molecule has 1 aliphatic rings. The third-order valence-corrected chi connectivity index (χ3v) is 6.02. The molecule has 0 aliphatic carbocycles. The zero-order valence-electron chi connectivity index (χ0n) is 10.5. The van der Waals surface area contributed by atoms with Gasteiger partial charge in [0.25, 0.3) is 0 Å². The first kappa shape index (κ1) is 13.6.